The molecule has 2 aromatic carbocycles. The highest BCUT2D eigenvalue weighted by Gasteiger charge is 2.37. The van der Waals surface area contributed by atoms with Gasteiger partial charge in [0, 0.05) is 10.9 Å². The van der Waals surface area contributed by atoms with E-state index in [0.29, 0.717) is 22.0 Å². The van der Waals surface area contributed by atoms with Crippen molar-refractivity contribution in [3.63, 3.8) is 0 Å². The van der Waals surface area contributed by atoms with Gasteiger partial charge in [-0.15, -0.1) is 0 Å². The summed E-state index contributed by atoms with van der Waals surface area (Å²) in [6.45, 7) is 5.30. The highest BCUT2D eigenvalue weighted by molar-refractivity contribution is 7.83. The van der Waals surface area contributed by atoms with Crippen LogP contribution in [-0.4, -0.2) is 17.2 Å². The molecular weight excluding hydrogens is 299 g/mol. The zero-order chi connectivity index (χ0) is 16.3. The third-order valence-corrected chi connectivity index (χ3v) is 5.76. The lowest BCUT2D eigenvalue weighted by atomic mass is 10.0. The van der Waals surface area contributed by atoms with Crippen molar-refractivity contribution >= 4 is 18.2 Å². The number of benzene rings is 2. The van der Waals surface area contributed by atoms with Gasteiger partial charge in [0.1, 0.15) is 5.75 Å². The van der Waals surface area contributed by atoms with E-state index in [0.717, 1.165) is 0 Å². The van der Waals surface area contributed by atoms with Gasteiger partial charge in [-0.2, -0.15) is 0 Å². The van der Waals surface area contributed by atoms with E-state index in [9.17, 15) is 14.5 Å². The van der Waals surface area contributed by atoms with Crippen molar-refractivity contribution in [1.82, 2.24) is 0 Å². The maximum absolute atomic E-state index is 13.3. The second-order valence-electron chi connectivity index (χ2n) is 5.06. The van der Waals surface area contributed by atoms with E-state index in [-0.39, 0.29) is 12.4 Å². The minimum absolute atomic E-state index is 0.0810. The van der Waals surface area contributed by atoms with Gasteiger partial charge in [0.25, 0.3) is 5.52 Å². The number of aromatic hydroxyl groups is 1. The maximum Gasteiger partial charge on any atom is 0.300 e. The first-order valence-corrected chi connectivity index (χ1v) is 8.68. The molecule has 4 nitrogen and oxygen atoms in total. The van der Waals surface area contributed by atoms with Gasteiger partial charge in [-0.3, -0.25) is 9.36 Å². The number of carbonyl (C=O) groups is 1. The lowest BCUT2D eigenvalue weighted by molar-refractivity contribution is 0.105. The van der Waals surface area contributed by atoms with E-state index >= 15 is 0 Å². The summed E-state index contributed by atoms with van der Waals surface area (Å²) in [6, 6.07) is 11.5. The first kappa shape index (κ1) is 16.5. The van der Waals surface area contributed by atoms with Crippen LogP contribution in [0.5, 0.6) is 5.75 Å². The highest BCUT2D eigenvalue weighted by atomic mass is 31.2. The number of rotatable bonds is 5. The number of hydrogen-bond acceptors (Lipinski definition) is 4. The summed E-state index contributed by atoms with van der Waals surface area (Å²) in [5, 5.41) is 9.99. The number of phenols is 1. The molecule has 5 heteroatoms. The lowest BCUT2D eigenvalue weighted by Gasteiger charge is -2.19. The molecule has 0 saturated heterocycles. The van der Waals surface area contributed by atoms with Crippen LogP contribution in [-0.2, 0) is 9.09 Å². The van der Waals surface area contributed by atoms with Gasteiger partial charge in [-0.1, -0.05) is 18.2 Å². The van der Waals surface area contributed by atoms with Crippen molar-refractivity contribution in [2.45, 2.75) is 20.8 Å². The normalized spacial score (nSPS) is 13.6. The quantitative estimate of drug-likeness (QED) is 0.852. The molecule has 1 atom stereocenters. The standard InChI is InChI=1S/C17H19O4P/c1-4-21-22(20,15-8-6-5-7-9-15)17(19)16-12(2)10-14(18)11-13(16)3/h5-11,18H,4H2,1-3H3. The van der Waals surface area contributed by atoms with Crippen molar-refractivity contribution in [3.8, 4) is 5.75 Å². The zero-order valence-electron chi connectivity index (χ0n) is 12.9. The smallest absolute Gasteiger partial charge is 0.300 e. The molecule has 0 aromatic heterocycles. The Bertz CT molecular complexity index is 715. The average Bonchev–Trinajstić information content (AvgIpc) is 2.47. The van der Waals surface area contributed by atoms with Gasteiger partial charge in [-0.25, -0.2) is 0 Å². The molecule has 0 aliphatic heterocycles. The van der Waals surface area contributed by atoms with E-state index in [2.05, 4.69) is 0 Å². The summed E-state index contributed by atoms with van der Waals surface area (Å²) in [7, 11) is -3.67. The minimum atomic E-state index is -3.67. The molecule has 0 spiro atoms. The van der Waals surface area contributed by atoms with Crippen LogP contribution in [0.3, 0.4) is 0 Å². The van der Waals surface area contributed by atoms with Gasteiger partial charge in [0.2, 0.25) is 0 Å². The topological polar surface area (TPSA) is 63.6 Å². The second kappa shape index (κ2) is 6.47. The molecule has 0 amide bonds. The van der Waals surface area contributed by atoms with Crippen LogP contribution in [0.25, 0.3) is 0 Å². The molecule has 0 aliphatic carbocycles. The Kier molecular flexibility index (Phi) is 4.84. The monoisotopic (exact) mass is 318 g/mol. The molecule has 2 rings (SSSR count). The van der Waals surface area contributed by atoms with Crippen LogP contribution >= 0.6 is 7.37 Å². The number of hydrogen-bond donors (Lipinski definition) is 1. The van der Waals surface area contributed by atoms with E-state index in [1.54, 1.807) is 51.1 Å². The molecule has 116 valence electrons. The van der Waals surface area contributed by atoms with Crippen LogP contribution < -0.4 is 5.30 Å². The van der Waals surface area contributed by atoms with Crippen LogP contribution in [0, 0.1) is 13.8 Å². The van der Waals surface area contributed by atoms with Crippen LogP contribution in [0.2, 0.25) is 0 Å². The maximum atomic E-state index is 13.3. The molecule has 2 aromatic rings. The van der Waals surface area contributed by atoms with Crippen molar-refractivity contribution in [2.24, 2.45) is 0 Å². The first-order valence-electron chi connectivity index (χ1n) is 7.05. The third-order valence-electron chi connectivity index (χ3n) is 3.41. The molecular formula is C17H19O4P. The predicted molar refractivity (Wildman–Crippen MR) is 87.2 cm³/mol. The highest BCUT2D eigenvalue weighted by Crippen LogP contribution is 2.50. The number of phenolic OH excluding ortho intramolecular Hbond substituents is 1. The molecule has 0 saturated carbocycles. The Morgan fingerprint density at radius 3 is 2.18 bits per heavy atom. The van der Waals surface area contributed by atoms with E-state index in [1.165, 1.54) is 12.1 Å². The summed E-state index contributed by atoms with van der Waals surface area (Å²) in [5.41, 5.74) is 0.978. The molecule has 1 unspecified atom stereocenters. The average molecular weight is 318 g/mol. The van der Waals surface area contributed by atoms with Gasteiger partial charge in [-0.05, 0) is 56.2 Å². The second-order valence-corrected chi connectivity index (χ2v) is 7.35. The van der Waals surface area contributed by atoms with Crippen molar-refractivity contribution < 1.29 is 19.0 Å². The number of aryl methyl sites for hydroxylation is 2. The molecule has 22 heavy (non-hydrogen) atoms. The molecule has 0 bridgehead atoms. The molecule has 0 aliphatic rings. The van der Waals surface area contributed by atoms with E-state index in [1.807, 2.05) is 0 Å². The van der Waals surface area contributed by atoms with Crippen LogP contribution in [0.4, 0.5) is 0 Å². The zero-order valence-corrected chi connectivity index (χ0v) is 13.8. The largest absolute Gasteiger partial charge is 0.508 e. The summed E-state index contributed by atoms with van der Waals surface area (Å²) in [5.74, 6) is 0.0810. The lowest BCUT2D eigenvalue weighted by Crippen LogP contribution is -2.17. The van der Waals surface area contributed by atoms with Crippen molar-refractivity contribution in [2.75, 3.05) is 6.61 Å². The van der Waals surface area contributed by atoms with Crippen molar-refractivity contribution in [3.05, 3.63) is 59.2 Å². The fraction of sp³-hybridized carbons (Fsp3) is 0.235. The van der Waals surface area contributed by atoms with E-state index in [4.69, 9.17) is 4.52 Å². The summed E-state index contributed by atoms with van der Waals surface area (Å²) >= 11 is 0. The van der Waals surface area contributed by atoms with Crippen molar-refractivity contribution in [1.29, 1.82) is 0 Å². The van der Waals surface area contributed by atoms with Gasteiger partial charge < -0.3 is 9.63 Å². The van der Waals surface area contributed by atoms with Gasteiger partial charge >= 0.3 is 7.37 Å². The first-order chi connectivity index (χ1) is 10.4. The Morgan fingerprint density at radius 2 is 1.68 bits per heavy atom. The summed E-state index contributed by atoms with van der Waals surface area (Å²) in [6.07, 6.45) is 0. The van der Waals surface area contributed by atoms with E-state index < -0.39 is 12.9 Å². The summed E-state index contributed by atoms with van der Waals surface area (Å²) < 4.78 is 18.7. The third kappa shape index (κ3) is 2.99. The Balaban J connectivity index is 2.60. The summed E-state index contributed by atoms with van der Waals surface area (Å²) in [4.78, 5) is 12.9. The van der Waals surface area contributed by atoms with Crippen LogP contribution in [0.15, 0.2) is 42.5 Å². The predicted octanol–water partition coefficient (Wildman–Crippen LogP) is 3.79. The Hall–Kier alpha value is -1.90. The fourth-order valence-corrected chi connectivity index (χ4v) is 4.56. The van der Waals surface area contributed by atoms with Crippen LogP contribution in [0.1, 0.15) is 28.4 Å². The minimum Gasteiger partial charge on any atom is -0.508 e. The molecule has 0 radical (unpaired) electrons. The van der Waals surface area contributed by atoms with Gasteiger partial charge in [0.05, 0.1) is 6.61 Å². The fourth-order valence-electron chi connectivity index (χ4n) is 2.48. The molecule has 0 fully saturated rings. The number of carbonyl (C=O) groups excluding carboxylic acids is 1. The Morgan fingerprint density at radius 1 is 1.14 bits per heavy atom. The Labute approximate surface area is 130 Å². The molecule has 0 heterocycles. The van der Waals surface area contributed by atoms with Gasteiger partial charge in [0.15, 0.2) is 0 Å². The molecule has 1 N–H and O–H groups in total. The SMILES string of the molecule is CCOP(=O)(C(=O)c1c(C)cc(O)cc1C)c1ccccc1.